The van der Waals surface area contributed by atoms with Crippen LogP contribution in [0.1, 0.15) is 0 Å². The third kappa shape index (κ3) is 21.2. The molecule has 0 N–H and O–H groups in total. The van der Waals surface area contributed by atoms with Crippen molar-refractivity contribution in [2.24, 2.45) is 0 Å². The van der Waals surface area contributed by atoms with Gasteiger partial charge >= 0.3 is 0 Å². The number of rotatable bonds is 0. The number of hydrogen-bond donors (Lipinski definition) is 0. The van der Waals surface area contributed by atoms with Crippen LogP contribution in [0.4, 0.5) is 0 Å². The maximum atomic E-state index is 0. The quantitative estimate of drug-likeness (QED) is 0.360. The summed E-state index contributed by atoms with van der Waals surface area (Å²) in [5, 5.41) is 0. The fourth-order valence-electron chi connectivity index (χ4n) is 0. The minimum Gasteiger partial charge on any atom is -1.00 e. The van der Waals surface area contributed by atoms with Crippen LogP contribution in [0.5, 0.6) is 0 Å². The van der Waals surface area contributed by atoms with E-state index >= 15 is 0 Å². The van der Waals surface area contributed by atoms with E-state index in [0.717, 1.165) is 0 Å². The predicted molar refractivity (Wildman–Crippen MR) is 5.75 cm³/mol. The van der Waals surface area contributed by atoms with Crippen LogP contribution in [-0.4, -0.2) is 17.6 Å². The van der Waals surface area contributed by atoms with Gasteiger partial charge in [-0.1, -0.05) is 0 Å². The Morgan fingerprint density at radius 1 is 0.400 bits per heavy atom. The fourth-order valence-corrected chi connectivity index (χ4v) is 0. The first-order valence-electron chi connectivity index (χ1n) is 0. The fraction of sp³-hybridized carbons (Fsp3) is 0. The largest absolute Gasteiger partial charge is 1.00 e. The van der Waals surface area contributed by atoms with E-state index in [9.17, 15) is 0 Å². The van der Waals surface area contributed by atoms with E-state index in [1.54, 1.807) is 0 Å². The molecule has 0 nitrogen and oxygen atoms in total. The van der Waals surface area contributed by atoms with Gasteiger partial charge < -0.3 is 67.9 Å². The van der Waals surface area contributed by atoms with Crippen molar-refractivity contribution < 1.29 is 67.9 Å². The Bertz CT molecular complexity index is 3.61. The van der Waals surface area contributed by atoms with Crippen LogP contribution in [0.15, 0.2) is 0 Å². The summed E-state index contributed by atoms with van der Waals surface area (Å²) in [6.45, 7) is 0. The minimum absolute atomic E-state index is 0. The Balaban J connectivity index is 0. The van der Waals surface area contributed by atoms with Gasteiger partial charge in [0.2, 0.25) is 0 Å². The second-order valence-electron chi connectivity index (χ2n) is 0. The van der Waals surface area contributed by atoms with E-state index in [2.05, 4.69) is 0 Å². The Hall–Kier alpha value is 2.46. The van der Waals surface area contributed by atoms with Gasteiger partial charge in [0.05, 0.1) is 0 Å². The summed E-state index contributed by atoms with van der Waals surface area (Å²) < 4.78 is 0. The van der Waals surface area contributed by atoms with Gasteiger partial charge in [0.1, 0.15) is 0 Å². The van der Waals surface area contributed by atoms with Crippen LogP contribution in [0, 0.1) is 0 Å². The zero-order chi connectivity index (χ0) is 0. The van der Waals surface area contributed by atoms with Crippen LogP contribution in [-0.2, 0) is 0 Å². The third-order valence-electron chi connectivity index (χ3n) is 0. The molecule has 0 aliphatic carbocycles. The predicted octanol–water partition coefficient (Wildman–Crippen LogP) is -12.4. The van der Waals surface area contributed by atoms with E-state index < -0.39 is 0 Å². The molecule has 4 radical (unpaired) electrons. The molecule has 0 aromatic rings. The van der Waals surface area contributed by atoms with Crippen molar-refractivity contribution in [2.45, 2.75) is 0 Å². The van der Waals surface area contributed by atoms with Crippen molar-refractivity contribution in [1.29, 1.82) is 0 Å². The van der Waals surface area contributed by atoms with Crippen molar-refractivity contribution in [3.05, 3.63) is 0 Å². The van der Waals surface area contributed by atoms with Crippen LogP contribution in [0.2, 0.25) is 0 Å². The van der Waals surface area contributed by atoms with Crippen molar-refractivity contribution in [2.75, 3.05) is 0 Å². The Kier molecular flexibility index (Phi) is 327. The first-order chi connectivity index (χ1) is 0. The standard InChI is InChI=1S/4BrH.Ge/h4*1H;/p-4. The SMILES string of the molecule is [Br-].[Br-].[Br-].[Br-].[Ge]. The summed E-state index contributed by atoms with van der Waals surface area (Å²) in [6, 6.07) is 0. The first-order valence-corrected chi connectivity index (χ1v) is 0. The minimum atomic E-state index is 0. The van der Waals surface area contributed by atoms with Crippen molar-refractivity contribution in [3.8, 4) is 0 Å². The Morgan fingerprint density at radius 2 is 0.400 bits per heavy atom. The summed E-state index contributed by atoms with van der Waals surface area (Å²) in [4.78, 5) is 0. The molecule has 0 saturated heterocycles. The normalized spacial score (nSPS) is 0. The van der Waals surface area contributed by atoms with Crippen LogP contribution >= 0.6 is 0 Å². The summed E-state index contributed by atoms with van der Waals surface area (Å²) in [6.07, 6.45) is 0. The van der Waals surface area contributed by atoms with E-state index in [-0.39, 0.29) is 85.5 Å². The monoisotopic (exact) mass is 390 g/mol. The summed E-state index contributed by atoms with van der Waals surface area (Å²) >= 11 is 0. The molecular weight excluding hydrogens is 392 g/mol. The molecule has 36 valence electrons. The smallest absolute Gasteiger partial charge is 0 e. The molecule has 0 spiro atoms. The Labute approximate surface area is 84.5 Å². The van der Waals surface area contributed by atoms with Gasteiger partial charge in [0, 0.05) is 17.6 Å². The topological polar surface area (TPSA) is 0 Å². The molecule has 5 heavy (non-hydrogen) atoms. The number of halogens is 4. The van der Waals surface area contributed by atoms with E-state index in [0.29, 0.717) is 0 Å². The van der Waals surface area contributed by atoms with Crippen molar-refractivity contribution in [3.63, 3.8) is 0 Å². The average molecular weight is 392 g/mol. The van der Waals surface area contributed by atoms with Gasteiger partial charge in [-0.05, 0) is 0 Å². The molecule has 0 aromatic carbocycles. The zero-order valence-electron chi connectivity index (χ0n) is 2.01. The molecule has 0 fully saturated rings. The second-order valence-corrected chi connectivity index (χ2v) is 0. The Morgan fingerprint density at radius 3 is 0.400 bits per heavy atom. The van der Waals surface area contributed by atoms with E-state index in [1.165, 1.54) is 0 Å². The van der Waals surface area contributed by atoms with Gasteiger partial charge in [0.15, 0.2) is 0 Å². The van der Waals surface area contributed by atoms with Crippen LogP contribution < -0.4 is 67.9 Å². The van der Waals surface area contributed by atoms with Crippen LogP contribution in [0.25, 0.3) is 0 Å². The third-order valence-corrected chi connectivity index (χ3v) is 0. The summed E-state index contributed by atoms with van der Waals surface area (Å²) in [7, 11) is 0. The molecule has 0 aliphatic heterocycles. The van der Waals surface area contributed by atoms with Crippen LogP contribution in [0.3, 0.4) is 0 Å². The molecule has 0 bridgehead atoms. The maximum Gasteiger partial charge on any atom is 0 e. The average Bonchev–Trinajstić information content (AvgIpc) is 0. The zero-order valence-corrected chi connectivity index (χ0v) is 10.5. The van der Waals surface area contributed by atoms with Gasteiger partial charge in [0.25, 0.3) is 0 Å². The van der Waals surface area contributed by atoms with Crippen molar-refractivity contribution >= 4 is 17.6 Å². The van der Waals surface area contributed by atoms with E-state index in [4.69, 9.17) is 0 Å². The molecule has 0 rings (SSSR count). The molecule has 0 heterocycles. The molecule has 0 saturated carbocycles. The molecular formula is Br4Ge-4. The summed E-state index contributed by atoms with van der Waals surface area (Å²) in [5.41, 5.74) is 0. The van der Waals surface area contributed by atoms with Gasteiger partial charge in [-0.15, -0.1) is 0 Å². The van der Waals surface area contributed by atoms with Gasteiger partial charge in [-0.2, -0.15) is 0 Å². The molecule has 0 aliphatic rings. The summed E-state index contributed by atoms with van der Waals surface area (Å²) in [5.74, 6) is 0. The first kappa shape index (κ1) is 51.4. The molecule has 0 amide bonds. The number of hydrogen-bond acceptors (Lipinski definition) is 0. The van der Waals surface area contributed by atoms with E-state index in [1.807, 2.05) is 0 Å². The van der Waals surface area contributed by atoms with Crippen molar-refractivity contribution in [1.82, 2.24) is 0 Å². The molecule has 0 atom stereocenters. The maximum absolute atomic E-state index is 0. The molecule has 5 heteroatoms. The van der Waals surface area contributed by atoms with Gasteiger partial charge in [-0.3, -0.25) is 0 Å². The second kappa shape index (κ2) is 31.8. The molecule has 0 unspecified atom stereocenters. The molecule has 0 aromatic heterocycles. The van der Waals surface area contributed by atoms with Gasteiger partial charge in [-0.25, -0.2) is 0 Å².